The van der Waals surface area contributed by atoms with Gasteiger partial charge < -0.3 is 15.0 Å². The van der Waals surface area contributed by atoms with Crippen molar-refractivity contribution in [3.05, 3.63) is 0 Å². The van der Waals surface area contributed by atoms with Crippen LogP contribution in [0.1, 0.15) is 34.1 Å². The van der Waals surface area contributed by atoms with Crippen molar-refractivity contribution in [3.63, 3.8) is 0 Å². The summed E-state index contributed by atoms with van der Waals surface area (Å²) < 4.78 is 5.22. The van der Waals surface area contributed by atoms with Crippen LogP contribution in [0.2, 0.25) is 0 Å². The maximum Gasteiger partial charge on any atom is 0.307 e. The average Bonchev–Trinajstić information content (AvgIpc) is 2.22. The summed E-state index contributed by atoms with van der Waals surface area (Å²) in [6.07, 6.45) is 0.342. The Bertz CT molecular complexity index is 284. The minimum absolute atomic E-state index is 0.0131. The Morgan fingerprint density at radius 3 is 2.33 bits per heavy atom. The Hall–Kier alpha value is -1.10. The largest absolute Gasteiger partial charge is 0.460 e. The van der Waals surface area contributed by atoms with Gasteiger partial charge in [-0.1, -0.05) is 6.92 Å². The van der Waals surface area contributed by atoms with Crippen LogP contribution in [-0.4, -0.2) is 49.6 Å². The molecule has 0 aromatic carbocycles. The van der Waals surface area contributed by atoms with Crippen molar-refractivity contribution in [2.24, 2.45) is 5.92 Å². The standard InChI is InChI=1S/C13H26N2O3/c1-10(12(17)14-5)9-15(6)8-7-11(16)18-13(2,3)4/h10H,7-9H2,1-6H3,(H,14,17). The lowest BCUT2D eigenvalue weighted by Crippen LogP contribution is -2.35. The predicted octanol–water partition coefficient (Wildman–Crippen LogP) is 1.03. The van der Waals surface area contributed by atoms with Crippen LogP contribution in [0.15, 0.2) is 0 Å². The number of nitrogens with zero attached hydrogens (tertiary/aromatic N) is 1. The van der Waals surface area contributed by atoms with Gasteiger partial charge in [-0.15, -0.1) is 0 Å². The molecule has 0 spiro atoms. The second kappa shape index (κ2) is 7.36. The third kappa shape index (κ3) is 8.06. The predicted molar refractivity (Wildman–Crippen MR) is 71.2 cm³/mol. The van der Waals surface area contributed by atoms with Crippen LogP contribution in [0.5, 0.6) is 0 Å². The normalized spacial score (nSPS) is 13.3. The van der Waals surface area contributed by atoms with Gasteiger partial charge in [0.15, 0.2) is 0 Å². The fourth-order valence-corrected chi connectivity index (χ4v) is 1.56. The number of carbonyl (C=O) groups excluding carboxylic acids is 2. The fraction of sp³-hybridized carbons (Fsp3) is 0.846. The first-order valence-corrected chi connectivity index (χ1v) is 6.27. The molecule has 0 heterocycles. The lowest BCUT2D eigenvalue weighted by Gasteiger charge is -2.22. The molecule has 18 heavy (non-hydrogen) atoms. The summed E-state index contributed by atoms with van der Waals surface area (Å²) in [6.45, 7) is 8.63. The zero-order chi connectivity index (χ0) is 14.3. The Morgan fingerprint density at radius 2 is 1.89 bits per heavy atom. The molecule has 0 saturated heterocycles. The van der Waals surface area contributed by atoms with E-state index in [-0.39, 0.29) is 17.8 Å². The van der Waals surface area contributed by atoms with Crippen LogP contribution in [0, 0.1) is 5.92 Å². The van der Waals surface area contributed by atoms with Gasteiger partial charge in [-0.3, -0.25) is 9.59 Å². The number of ether oxygens (including phenoxy) is 1. The molecular weight excluding hydrogens is 232 g/mol. The first-order valence-electron chi connectivity index (χ1n) is 6.27. The highest BCUT2D eigenvalue weighted by Crippen LogP contribution is 2.08. The topological polar surface area (TPSA) is 58.6 Å². The molecule has 5 heteroatoms. The van der Waals surface area contributed by atoms with E-state index in [1.165, 1.54) is 0 Å². The Morgan fingerprint density at radius 1 is 1.33 bits per heavy atom. The van der Waals surface area contributed by atoms with E-state index in [0.29, 0.717) is 19.5 Å². The van der Waals surface area contributed by atoms with Gasteiger partial charge in [-0.2, -0.15) is 0 Å². The Kier molecular flexibility index (Phi) is 6.91. The quantitative estimate of drug-likeness (QED) is 0.723. The molecule has 1 amide bonds. The lowest BCUT2D eigenvalue weighted by atomic mass is 10.1. The van der Waals surface area contributed by atoms with Gasteiger partial charge in [0.05, 0.1) is 6.42 Å². The van der Waals surface area contributed by atoms with Gasteiger partial charge in [0.2, 0.25) is 5.91 Å². The van der Waals surface area contributed by atoms with Crippen molar-refractivity contribution in [2.45, 2.75) is 39.7 Å². The third-order valence-electron chi connectivity index (χ3n) is 2.40. The van der Waals surface area contributed by atoms with Crippen LogP contribution in [0.25, 0.3) is 0 Å². The van der Waals surface area contributed by atoms with E-state index in [9.17, 15) is 9.59 Å². The summed E-state index contributed by atoms with van der Waals surface area (Å²) in [4.78, 5) is 24.8. The zero-order valence-corrected chi connectivity index (χ0v) is 12.4. The highest BCUT2D eigenvalue weighted by atomic mass is 16.6. The molecule has 0 fully saturated rings. The van der Waals surface area contributed by atoms with Crippen molar-refractivity contribution in [1.82, 2.24) is 10.2 Å². The minimum Gasteiger partial charge on any atom is -0.460 e. The van der Waals surface area contributed by atoms with Crippen LogP contribution >= 0.6 is 0 Å². The molecule has 0 aliphatic heterocycles. The van der Waals surface area contributed by atoms with Gasteiger partial charge in [-0.25, -0.2) is 0 Å². The fourth-order valence-electron chi connectivity index (χ4n) is 1.56. The van der Waals surface area contributed by atoms with Gasteiger partial charge in [0.25, 0.3) is 0 Å². The summed E-state index contributed by atoms with van der Waals surface area (Å²) in [5, 5.41) is 2.61. The summed E-state index contributed by atoms with van der Waals surface area (Å²) in [7, 11) is 3.52. The van der Waals surface area contributed by atoms with Gasteiger partial charge >= 0.3 is 5.97 Å². The number of hydrogen-bond donors (Lipinski definition) is 1. The molecule has 106 valence electrons. The molecule has 0 aliphatic rings. The van der Waals surface area contributed by atoms with E-state index in [1.807, 2.05) is 39.6 Å². The molecule has 1 unspecified atom stereocenters. The zero-order valence-electron chi connectivity index (χ0n) is 12.4. The second-order valence-electron chi connectivity index (χ2n) is 5.61. The maximum atomic E-state index is 11.5. The SMILES string of the molecule is CNC(=O)C(C)CN(C)CCC(=O)OC(C)(C)C. The molecule has 0 bridgehead atoms. The monoisotopic (exact) mass is 258 g/mol. The van der Waals surface area contributed by atoms with E-state index in [2.05, 4.69) is 5.32 Å². The second-order valence-corrected chi connectivity index (χ2v) is 5.61. The van der Waals surface area contributed by atoms with E-state index >= 15 is 0 Å². The molecule has 1 atom stereocenters. The van der Waals surface area contributed by atoms with E-state index in [0.717, 1.165) is 0 Å². The van der Waals surface area contributed by atoms with Crippen molar-refractivity contribution in [3.8, 4) is 0 Å². The van der Waals surface area contributed by atoms with Crippen LogP contribution in [0.4, 0.5) is 0 Å². The van der Waals surface area contributed by atoms with Crippen LogP contribution < -0.4 is 5.32 Å². The van der Waals surface area contributed by atoms with Crippen molar-refractivity contribution >= 4 is 11.9 Å². The number of carbonyl (C=O) groups is 2. The number of hydrogen-bond acceptors (Lipinski definition) is 4. The van der Waals surface area contributed by atoms with Gasteiger partial charge in [0, 0.05) is 26.1 Å². The molecule has 0 aliphatic carbocycles. The molecule has 1 N–H and O–H groups in total. The highest BCUT2D eigenvalue weighted by Gasteiger charge is 2.18. The summed E-state index contributed by atoms with van der Waals surface area (Å²) in [6, 6.07) is 0. The van der Waals surface area contributed by atoms with Crippen molar-refractivity contribution in [1.29, 1.82) is 0 Å². The third-order valence-corrected chi connectivity index (χ3v) is 2.40. The summed E-state index contributed by atoms with van der Waals surface area (Å²) >= 11 is 0. The molecule has 5 nitrogen and oxygen atoms in total. The molecule has 0 rings (SSSR count). The van der Waals surface area contributed by atoms with Crippen molar-refractivity contribution < 1.29 is 14.3 Å². The lowest BCUT2D eigenvalue weighted by molar-refractivity contribution is -0.155. The molecule has 0 radical (unpaired) electrons. The number of esters is 1. The van der Waals surface area contributed by atoms with E-state index in [1.54, 1.807) is 7.05 Å². The molecule has 0 saturated carbocycles. The van der Waals surface area contributed by atoms with E-state index < -0.39 is 5.60 Å². The number of nitrogens with one attached hydrogen (secondary N) is 1. The Balaban J connectivity index is 3.93. The first-order chi connectivity index (χ1) is 8.15. The highest BCUT2D eigenvalue weighted by molar-refractivity contribution is 5.78. The summed E-state index contributed by atoms with van der Waals surface area (Å²) in [5.74, 6) is -0.278. The number of rotatable bonds is 6. The molecular formula is C13H26N2O3. The van der Waals surface area contributed by atoms with Gasteiger partial charge in [-0.05, 0) is 27.8 Å². The van der Waals surface area contributed by atoms with Crippen LogP contribution in [-0.2, 0) is 14.3 Å². The Labute approximate surface area is 110 Å². The maximum absolute atomic E-state index is 11.5. The first kappa shape index (κ1) is 16.9. The minimum atomic E-state index is -0.439. The number of amides is 1. The summed E-state index contributed by atoms with van der Waals surface area (Å²) in [5.41, 5.74) is -0.439. The van der Waals surface area contributed by atoms with Crippen molar-refractivity contribution in [2.75, 3.05) is 27.2 Å². The molecule has 0 aromatic heterocycles. The molecule has 0 aromatic rings. The van der Waals surface area contributed by atoms with Gasteiger partial charge in [0.1, 0.15) is 5.60 Å². The van der Waals surface area contributed by atoms with Crippen LogP contribution in [0.3, 0.4) is 0 Å². The smallest absolute Gasteiger partial charge is 0.307 e. The average molecular weight is 258 g/mol. The van der Waals surface area contributed by atoms with E-state index in [4.69, 9.17) is 4.74 Å².